The van der Waals surface area contributed by atoms with Crippen LogP contribution in [0.1, 0.15) is 45.1 Å². The number of phenols is 1. The summed E-state index contributed by atoms with van der Waals surface area (Å²) in [4.78, 5) is 2.32. The molecule has 1 aliphatic rings. The lowest BCUT2D eigenvalue weighted by Crippen LogP contribution is -2.36. The molecule has 3 nitrogen and oxygen atoms in total. The summed E-state index contributed by atoms with van der Waals surface area (Å²) in [6.45, 7) is 5.38. The van der Waals surface area contributed by atoms with Gasteiger partial charge in [-0.15, -0.1) is 0 Å². The molecule has 1 fully saturated rings. The van der Waals surface area contributed by atoms with Gasteiger partial charge in [0.1, 0.15) is 0 Å². The lowest BCUT2D eigenvalue weighted by molar-refractivity contribution is 0.122. The molecule has 1 N–H and O–H groups in total. The highest BCUT2D eigenvalue weighted by Gasteiger charge is 2.29. The summed E-state index contributed by atoms with van der Waals surface area (Å²) in [5, 5.41) is 10.8. The molecule has 0 amide bonds. The number of hydrogen-bond donors (Lipinski definition) is 1. The number of nitrogens with zero attached hydrogens (tertiary/aromatic N) is 1. The first-order valence-corrected chi connectivity index (χ1v) is 7.96. The number of ether oxygens (including phenoxy) is 1. The summed E-state index contributed by atoms with van der Waals surface area (Å²) in [7, 11) is 3.66. The number of rotatable bonds is 4. The molecular weight excluding hydrogens is 286 g/mol. The van der Waals surface area contributed by atoms with E-state index in [-0.39, 0.29) is 5.75 Å². The van der Waals surface area contributed by atoms with Crippen molar-refractivity contribution in [3.05, 3.63) is 22.7 Å². The minimum Gasteiger partial charge on any atom is -0.504 e. The predicted molar refractivity (Wildman–Crippen MR) is 87.2 cm³/mol. The highest BCUT2D eigenvalue weighted by atomic mass is 35.5. The Balaban J connectivity index is 2.06. The van der Waals surface area contributed by atoms with E-state index in [1.54, 1.807) is 13.2 Å². The average Bonchev–Trinajstić information content (AvgIpc) is 2.42. The van der Waals surface area contributed by atoms with Crippen LogP contribution in [0.2, 0.25) is 5.02 Å². The van der Waals surface area contributed by atoms with Gasteiger partial charge in [0.05, 0.1) is 7.11 Å². The Morgan fingerprint density at radius 1 is 1.33 bits per heavy atom. The molecule has 1 aliphatic carbocycles. The molecule has 118 valence electrons. The van der Waals surface area contributed by atoms with E-state index in [0.29, 0.717) is 28.8 Å². The van der Waals surface area contributed by atoms with Gasteiger partial charge in [-0.2, -0.15) is 0 Å². The van der Waals surface area contributed by atoms with Crippen molar-refractivity contribution in [2.75, 3.05) is 14.2 Å². The van der Waals surface area contributed by atoms with E-state index in [9.17, 15) is 5.11 Å². The molecule has 0 spiro atoms. The number of phenolic OH excluding ortho intramolecular Hbond substituents is 1. The van der Waals surface area contributed by atoms with Gasteiger partial charge < -0.3 is 9.84 Å². The van der Waals surface area contributed by atoms with Gasteiger partial charge in [-0.25, -0.2) is 0 Å². The van der Waals surface area contributed by atoms with Crippen molar-refractivity contribution in [2.45, 2.75) is 52.1 Å². The number of halogens is 1. The molecule has 1 aromatic rings. The van der Waals surface area contributed by atoms with Crippen LogP contribution >= 0.6 is 11.6 Å². The van der Waals surface area contributed by atoms with Crippen LogP contribution in [0.5, 0.6) is 11.5 Å². The van der Waals surface area contributed by atoms with Crippen LogP contribution in [0.3, 0.4) is 0 Å². The van der Waals surface area contributed by atoms with Crippen LogP contribution in [-0.2, 0) is 6.54 Å². The van der Waals surface area contributed by atoms with Crippen LogP contribution in [0.25, 0.3) is 0 Å². The van der Waals surface area contributed by atoms with Crippen LogP contribution in [0, 0.1) is 5.41 Å². The molecule has 1 aromatic carbocycles. The molecule has 0 aromatic heterocycles. The standard InChI is InChI=1S/C17H26ClNO2/c1-17(2)7-5-14(6-8-17)19(3)11-12-9-13(18)10-15(21-4)16(12)20/h9-10,14,20H,5-8,11H2,1-4H3. The van der Waals surface area contributed by atoms with E-state index in [4.69, 9.17) is 16.3 Å². The van der Waals surface area contributed by atoms with Crippen LogP contribution in [-0.4, -0.2) is 30.2 Å². The fraction of sp³-hybridized carbons (Fsp3) is 0.647. The first-order chi connectivity index (χ1) is 9.82. The second kappa shape index (κ2) is 6.45. The largest absolute Gasteiger partial charge is 0.504 e. The Morgan fingerprint density at radius 2 is 1.95 bits per heavy atom. The normalized spacial score (nSPS) is 19.0. The fourth-order valence-electron chi connectivity index (χ4n) is 3.13. The molecule has 0 radical (unpaired) electrons. The van der Waals surface area contributed by atoms with Gasteiger partial charge >= 0.3 is 0 Å². The molecule has 0 aliphatic heterocycles. The predicted octanol–water partition coefficient (Wildman–Crippen LogP) is 4.45. The molecule has 0 heterocycles. The Kier molecular flexibility index (Phi) is 5.05. The van der Waals surface area contributed by atoms with E-state index in [0.717, 1.165) is 5.56 Å². The van der Waals surface area contributed by atoms with E-state index in [2.05, 4.69) is 25.8 Å². The first kappa shape index (κ1) is 16.4. The van der Waals surface area contributed by atoms with Crippen LogP contribution < -0.4 is 4.74 Å². The zero-order valence-corrected chi connectivity index (χ0v) is 14.2. The highest BCUT2D eigenvalue weighted by Crippen LogP contribution is 2.38. The molecule has 0 bridgehead atoms. The van der Waals surface area contributed by atoms with E-state index < -0.39 is 0 Å². The molecule has 0 atom stereocenters. The molecule has 1 saturated carbocycles. The van der Waals surface area contributed by atoms with Crippen molar-refractivity contribution in [3.8, 4) is 11.5 Å². The zero-order chi connectivity index (χ0) is 15.6. The summed E-state index contributed by atoms with van der Waals surface area (Å²) < 4.78 is 5.17. The van der Waals surface area contributed by atoms with Crippen molar-refractivity contribution in [1.82, 2.24) is 4.90 Å². The van der Waals surface area contributed by atoms with Crippen molar-refractivity contribution in [3.63, 3.8) is 0 Å². The maximum absolute atomic E-state index is 10.2. The molecule has 0 unspecified atom stereocenters. The lowest BCUT2D eigenvalue weighted by Gasteiger charge is -2.38. The van der Waals surface area contributed by atoms with E-state index >= 15 is 0 Å². The topological polar surface area (TPSA) is 32.7 Å². The Bertz CT molecular complexity index is 492. The molecule has 2 rings (SSSR count). The molecule has 4 heteroatoms. The third kappa shape index (κ3) is 4.04. The SMILES string of the molecule is COc1cc(Cl)cc(CN(C)C2CCC(C)(C)CC2)c1O. The quantitative estimate of drug-likeness (QED) is 0.891. The highest BCUT2D eigenvalue weighted by molar-refractivity contribution is 6.30. The van der Waals surface area contributed by atoms with Gasteiger partial charge in [0.2, 0.25) is 0 Å². The second-order valence-electron chi connectivity index (χ2n) is 6.93. The van der Waals surface area contributed by atoms with Gasteiger partial charge in [0.15, 0.2) is 11.5 Å². The van der Waals surface area contributed by atoms with Crippen molar-refractivity contribution < 1.29 is 9.84 Å². The number of hydrogen-bond acceptors (Lipinski definition) is 3. The smallest absolute Gasteiger partial charge is 0.162 e. The number of aromatic hydroxyl groups is 1. The number of benzene rings is 1. The minimum absolute atomic E-state index is 0.199. The van der Waals surface area contributed by atoms with E-state index in [1.165, 1.54) is 25.7 Å². The monoisotopic (exact) mass is 311 g/mol. The Labute approximate surface area is 132 Å². The summed E-state index contributed by atoms with van der Waals surface area (Å²) in [5.74, 6) is 0.639. The van der Waals surface area contributed by atoms with Gasteiger partial charge in [-0.3, -0.25) is 4.90 Å². The van der Waals surface area contributed by atoms with Crippen molar-refractivity contribution in [2.24, 2.45) is 5.41 Å². The molecule has 21 heavy (non-hydrogen) atoms. The number of methoxy groups -OCH3 is 1. The van der Waals surface area contributed by atoms with Crippen LogP contribution in [0.15, 0.2) is 12.1 Å². The summed E-state index contributed by atoms with van der Waals surface area (Å²) in [6.07, 6.45) is 4.93. The third-order valence-corrected chi connectivity index (χ3v) is 4.91. The van der Waals surface area contributed by atoms with Crippen molar-refractivity contribution >= 4 is 11.6 Å². The molecular formula is C17H26ClNO2. The van der Waals surface area contributed by atoms with Gasteiger partial charge in [0, 0.05) is 29.2 Å². The Morgan fingerprint density at radius 3 is 2.52 bits per heavy atom. The Hall–Kier alpha value is -0.930. The zero-order valence-electron chi connectivity index (χ0n) is 13.4. The maximum Gasteiger partial charge on any atom is 0.162 e. The lowest BCUT2D eigenvalue weighted by atomic mass is 9.75. The summed E-state index contributed by atoms with van der Waals surface area (Å²) in [5.41, 5.74) is 1.30. The van der Waals surface area contributed by atoms with Crippen molar-refractivity contribution in [1.29, 1.82) is 0 Å². The third-order valence-electron chi connectivity index (χ3n) is 4.69. The fourth-order valence-corrected chi connectivity index (χ4v) is 3.36. The second-order valence-corrected chi connectivity index (χ2v) is 7.36. The van der Waals surface area contributed by atoms with Gasteiger partial charge in [-0.1, -0.05) is 25.4 Å². The van der Waals surface area contributed by atoms with Gasteiger partial charge in [0.25, 0.3) is 0 Å². The average molecular weight is 312 g/mol. The minimum atomic E-state index is 0.199. The maximum atomic E-state index is 10.2. The first-order valence-electron chi connectivity index (χ1n) is 7.58. The van der Waals surface area contributed by atoms with Gasteiger partial charge in [-0.05, 0) is 44.2 Å². The summed E-state index contributed by atoms with van der Waals surface area (Å²) in [6, 6.07) is 4.04. The van der Waals surface area contributed by atoms with E-state index in [1.807, 2.05) is 6.07 Å². The van der Waals surface area contributed by atoms with Crippen LogP contribution in [0.4, 0.5) is 0 Å². The molecule has 0 saturated heterocycles. The summed E-state index contributed by atoms with van der Waals surface area (Å²) >= 11 is 6.10.